The molecule has 0 spiro atoms. The van der Waals surface area contributed by atoms with Crippen LogP contribution in [0.2, 0.25) is 0 Å². The first-order valence-electron chi connectivity index (χ1n) is 8.42. The summed E-state index contributed by atoms with van der Waals surface area (Å²) in [6, 6.07) is 0.757. The van der Waals surface area contributed by atoms with Gasteiger partial charge in [-0.05, 0) is 35.4 Å². The molecule has 0 aromatic heterocycles. The molecule has 1 unspecified atom stereocenters. The van der Waals surface area contributed by atoms with Gasteiger partial charge in [0, 0.05) is 0 Å². The molecule has 2 aromatic carbocycles. The quantitative estimate of drug-likeness (QED) is 0.224. The van der Waals surface area contributed by atoms with Crippen molar-refractivity contribution < 1.29 is 67.3 Å². The fraction of sp³-hybridized carbons (Fsp3) is 0.278. The van der Waals surface area contributed by atoms with E-state index < -0.39 is 47.1 Å². The summed E-state index contributed by atoms with van der Waals surface area (Å²) in [7, 11) is 0. The van der Waals surface area contributed by atoms with Gasteiger partial charge in [-0.15, -0.1) is 0 Å². The predicted octanol–water partition coefficient (Wildman–Crippen LogP) is 6.17. The number of aromatic hydroxyl groups is 1. The minimum absolute atomic E-state index is 0.145. The van der Waals surface area contributed by atoms with Crippen molar-refractivity contribution in [2.75, 3.05) is 0 Å². The SMILES string of the molecule is O=C(Oc1ccc(-c2ccc(O)cc2)cc1)C(F)(C(F)(F)F)C(F)(F)N(C(F)(F)F)C(F)(F)F. The second kappa shape index (κ2) is 8.56. The molecule has 4 nitrogen and oxygen atoms in total. The minimum atomic E-state index is -7.56. The van der Waals surface area contributed by atoms with E-state index in [-0.39, 0.29) is 11.3 Å². The number of phenols is 1. The molecule has 0 fully saturated rings. The molecule has 0 heterocycles. The number of carbonyl (C=O) groups is 1. The summed E-state index contributed by atoms with van der Waals surface area (Å²) in [5.41, 5.74) is -6.50. The van der Waals surface area contributed by atoms with E-state index in [1.807, 2.05) is 0 Å². The fourth-order valence-corrected chi connectivity index (χ4v) is 2.57. The van der Waals surface area contributed by atoms with E-state index in [1.165, 1.54) is 24.3 Å². The molecule has 2 aromatic rings. The Kier molecular flexibility index (Phi) is 6.81. The van der Waals surface area contributed by atoms with Crippen molar-refractivity contribution in [2.45, 2.75) is 30.5 Å². The second-order valence-electron chi connectivity index (χ2n) is 6.43. The van der Waals surface area contributed by atoms with Crippen LogP contribution in [0.4, 0.5) is 52.7 Å². The summed E-state index contributed by atoms with van der Waals surface area (Å²) in [6.45, 7) is 0. The number of halogens is 12. The van der Waals surface area contributed by atoms with Crippen LogP contribution in [0.1, 0.15) is 0 Å². The van der Waals surface area contributed by atoms with Gasteiger partial charge in [0.2, 0.25) is 0 Å². The number of esters is 1. The van der Waals surface area contributed by atoms with Gasteiger partial charge in [-0.1, -0.05) is 29.2 Å². The highest BCUT2D eigenvalue weighted by molar-refractivity contribution is 5.84. The van der Waals surface area contributed by atoms with E-state index in [0.29, 0.717) is 17.7 Å². The van der Waals surface area contributed by atoms with Crippen LogP contribution in [-0.4, -0.2) is 46.5 Å². The summed E-state index contributed by atoms with van der Waals surface area (Å²) in [6.07, 6.45) is -21.8. The third kappa shape index (κ3) is 5.00. The topological polar surface area (TPSA) is 49.8 Å². The highest BCUT2D eigenvalue weighted by Gasteiger charge is 2.85. The number of ether oxygens (including phenoxy) is 1. The fourth-order valence-electron chi connectivity index (χ4n) is 2.57. The van der Waals surface area contributed by atoms with Crippen molar-refractivity contribution in [3.8, 4) is 22.6 Å². The Hall–Kier alpha value is -3.17. The molecule has 1 N–H and O–H groups in total. The van der Waals surface area contributed by atoms with Crippen LogP contribution >= 0.6 is 0 Å². The zero-order valence-electron chi connectivity index (χ0n) is 15.9. The molecule has 16 heteroatoms. The maximum absolute atomic E-state index is 14.4. The molecule has 0 bridgehead atoms. The Bertz CT molecular complexity index is 999. The zero-order chi connectivity index (χ0) is 26.3. The third-order valence-electron chi connectivity index (χ3n) is 4.14. The van der Waals surface area contributed by atoms with Gasteiger partial charge in [-0.2, -0.15) is 48.3 Å². The molecule has 0 saturated carbocycles. The van der Waals surface area contributed by atoms with Crippen LogP contribution in [0.5, 0.6) is 11.5 Å². The molecule has 0 aliphatic rings. The van der Waals surface area contributed by atoms with Crippen molar-refractivity contribution >= 4 is 5.97 Å². The Morgan fingerprint density at radius 2 is 1.06 bits per heavy atom. The molecule has 0 aliphatic carbocycles. The van der Waals surface area contributed by atoms with Crippen LogP contribution in [0.25, 0.3) is 11.1 Å². The van der Waals surface area contributed by atoms with E-state index in [1.54, 1.807) is 0 Å². The van der Waals surface area contributed by atoms with Gasteiger partial charge in [0.25, 0.3) is 0 Å². The van der Waals surface area contributed by atoms with Gasteiger partial charge in [0.1, 0.15) is 11.5 Å². The van der Waals surface area contributed by atoms with Gasteiger partial charge in [0.15, 0.2) is 0 Å². The Balaban J connectivity index is 2.47. The molecule has 34 heavy (non-hydrogen) atoms. The lowest BCUT2D eigenvalue weighted by Gasteiger charge is -2.40. The number of hydrogen-bond donors (Lipinski definition) is 1. The van der Waals surface area contributed by atoms with Gasteiger partial charge < -0.3 is 9.84 Å². The van der Waals surface area contributed by atoms with Gasteiger partial charge >= 0.3 is 36.5 Å². The molecule has 0 saturated heterocycles. The number of phenolic OH excluding ortho intramolecular Hbond substituents is 1. The molecule has 0 amide bonds. The van der Waals surface area contributed by atoms with Crippen LogP contribution in [0, 0.1) is 0 Å². The first-order chi connectivity index (χ1) is 15.2. The summed E-state index contributed by atoms with van der Waals surface area (Å²) in [5.74, 6) is -5.03. The Labute approximate surface area is 180 Å². The van der Waals surface area contributed by atoms with Crippen molar-refractivity contribution in [1.82, 2.24) is 4.90 Å². The van der Waals surface area contributed by atoms with E-state index >= 15 is 0 Å². The third-order valence-corrected chi connectivity index (χ3v) is 4.14. The number of nitrogens with zero attached hydrogens (tertiary/aromatic N) is 1. The zero-order valence-corrected chi connectivity index (χ0v) is 15.9. The molecular formula is C18H9F12NO3. The maximum atomic E-state index is 14.4. The summed E-state index contributed by atoms with van der Waals surface area (Å²) >= 11 is 0. The lowest BCUT2D eigenvalue weighted by molar-refractivity contribution is -0.469. The Morgan fingerprint density at radius 1 is 0.676 bits per heavy atom. The molecule has 0 radical (unpaired) electrons. The first kappa shape index (κ1) is 27.1. The van der Waals surface area contributed by atoms with Gasteiger partial charge in [0.05, 0.1) is 0 Å². The van der Waals surface area contributed by atoms with Crippen molar-refractivity contribution in [3.05, 3.63) is 48.5 Å². The molecule has 1 atom stereocenters. The lowest BCUT2D eigenvalue weighted by atomic mass is 10.0. The predicted molar refractivity (Wildman–Crippen MR) is 88.0 cm³/mol. The molecular weight excluding hydrogens is 506 g/mol. The van der Waals surface area contributed by atoms with Gasteiger partial charge in [-0.3, -0.25) is 0 Å². The normalized spacial score (nSPS) is 15.2. The van der Waals surface area contributed by atoms with Crippen molar-refractivity contribution in [3.63, 3.8) is 0 Å². The smallest absolute Gasteiger partial charge is 0.472 e. The number of carbonyl (C=O) groups excluding carboxylic acids is 1. The number of alkyl halides is 12. The van der Waals surface area contributed by atoms with Crippen LogP contribution < -0.4 is 4.74 Å². The average Bonchev–Trinajstić information content (AvgIpc) is 2.64. The van der Waals surface area contributed by atoms with Crippen molar-refractivity contribution in [1.29, 1.82) is 0 Å². The summed E-state index contributed by atoms with van der Waals surface area (Å²) in [4.78, 5) is 7.72. The number of benzene rings is 2. The van der Waals surface area contributed by atoms with Crippen molar-refractivity contribution in [2.24, 2.45) is 0 Å². The van der Waals surface area contributed by atoms with Crippen LogP contribution in [-0.2, 0) is 4.79 Å². The standard InChI is InChI=1S/C18H9F12NO3/c19-14(15(20,21)22,16(23,24)31(17(25,26)27)18(28,29)30)13(33)34-12-7-3-10(4-8-12)9-1-5-11(32)6-2-9/h1-8,32H. The highest BCUT2D eigenvalue weighted by atomic mass is 19.4. The van der Waals surface area contributed by atoms with E-state index in [0.717, 1.165) is 12.1 Å². The van der Waals surface area contributed by atoms with Crippen LogP contribution in [0.15, 0.2) is 48.5 Å². The highest BCUT2D eigenvalue weighted by Crippen LogP contribution is 2.53. The molecule has 0 aliphatic heterocycles. The second-order valence-corrected chi connectivity index (χ2v) is 6.43. The maximum Gasteiger partial charge on any atom is 0.472 e. The molecule has 188 valence electrons. The minimum Gasteiger partial charge on any atom is -0.508 e. The van der Waals surface area contributed by atoms with E-state index in [9.17, 15) is 62.6 Å². The van der Waals surface area contributed by atoms with Crippen LogP contribution in [0.3, 0.4) is 0 Å². The summed E-state index contributed by atoms with van der Waals surface area (Å²) < 4.78 is 161. The van der Waals surface area contributed by atoms with E-state index in [4.69, 9.17) is 0 Å². The number of rotatable bonds is 5. The first-order valence-corrected chi connectivity index (χ1v) is 8.42. The van der Waals surface area contributed by atoms with Gasteiger partial charge in [-0.25, -0.2) is 9.18 Å². The average molecular weight is 515 g/mol. The number of hydrogen-bond acceptors (Lipinski definition) is 4. The Morgan fingerprint density at radius 3 is 1.41 bits per heavy atom. The summed E-state index contributed by atoms with van der Waals surface area (Å²) in [5, 5.41) is 9.20. The largest absolute Gasteiger partial charge is 0.508 e. The molecule has 2 rings (SSSR count). The lowest BCUT2D eigenvalue weighted by Crippen LogP contribution is -2.73. The van der Waals surface area contributed by atoms with E-state index in [2.05, 4.69) is 4.74 Å². The monoisotopic (exact) mass is 515 g/mol.